The first kappa shape index (κ1) is 28.1. The predicted octanol–water partition coefficient (Wildman–Crippen LogP) is 2.28. The van der Waals surface area contributed by atoms with Crippen molar-refractivity contribution in [1.29, 1.82) is 0 Å². The predicted molar refractivity (Wildman–Crippen MR) is 139 cm³/mol. The second kappa shape index (κ2) is 12.6. The lowest BCUT2D eigenvalue weighted by atomic mass is 10.1. The van der Waals surface area contributed by atoms with E-state index in [0.29, 0.717) is 24.0 Å². The fraction of sp³-hybridized carbons (Fsp3) is 0.440. The fourth-order valence-electron chi connectivity index (χ4n) is 4.21. The van der Waals surface area contributed by atoms with Crippen LogP contribution in [0.5, 0.6) is 0 Å². The number of anilines is 1. The van der Waals surface area contributed by atoms with E-state index in [9.17, 15) is 23.1 Å². The lowest BCUT2D eigenvalue weighted by Crippen LogP contribution is -2.49. The van der Waals surface area contributed by atoms with Crippen LogP contribution in [0.3, 0.4) is 0 Å². The van der Waals surface area contributed by atoms with Gasteiger partial charge in [-0.1, -0.05) is 28.9 Å². The number of aliphatic carboxylic acids is 1. The summed E-state index contributed by atoms with van der Waals surface area (Å²) in [6, 6.07) is 7.52. The molecule has 0 saturated carbocycles. The van der Waals surface area contributed by atoms with Crippen LogP contribution >= 0.6 is 0 Å². The van der Waals surface area contributed by atoms with E-state index in [2.05, 4.69) is 25.5 Å². The van der Waals surface area contributed by atoms with Gasteiger partial charge < -0.3 is 20.6 Å². The molecule has 1 aliphatic heterocycles. The molecule has 2 aromatic rings. The third-order valence-electron chi connectivity index (χ3n) is 5.85. The van der Waals surface area contributed by atoms with E-state index in [1.54, 1.807) is 32.2 Å². The van der Waals surface area contributed by atoms with Gasteiger partial charge in [-0.3, -0.25) is 9.59 Å². The number of sulfonamides is 1. The van der Waals surface area contributed by atoms with E-state index >= 15 is 0 Å². The summed E-state index contributed by atoms with van der Waals surface area (Å²) in [5.41, 5.74) is 2.06. The van der Waals surface area contributed by atoms with Crippen molar-refractivity contribution in [2.24, 2.45) is 5.16 Å². The maximum atomic E-state index is 12.9. The molecule has 3 rings (SSSR count). The molecule has 0 bridgehead atoms. The van der Waals surface area contributed by atoms with Crippen LogP contribution in [0.2, 0.25) is 0 Å². The number of nitrogens with one attached hydrogen (secondary N) is 3. The van der Waals surface area contributed by atoms with Gasteiger partial charge in [0.15, 0.2) is 0 Å². The number of carboxylic acids is 1. The maximum absolute atomic E-state index is 12.9. The highest BCUT2D eigenvalue weighted by Gasteiger charge is 2.30. The number of oxime groups is 1. The standard InChI is InChI=1S/C25H33N5O6S/c1-16-12-17(2)23(18(3)13-16)37(34,35)30-21(25(32)33)15-28-24(31)20-14-19(36-29-20)8-4-6-10-26-22-9-5-7-11-27-22/h5,7,9,11-13,19,21,30H,4,6,8,10,14-15H2,1-3H3,(H,26,27)(H,28,31)(H,32,33). The van der Waals surface area contributed by atoms with Gasteiger partial charge in [0.05, 0.1) is 4.90 Å². The van der Waals surface area contributed by atoms with E-state index in [1.807, 2.05) is 25.1 Å². The van der Waals surface area contributed by atoms with Gasteiger partial charge in [-0.25, -0.2) is 13.4 Å². The number of hydrogen-bond donors (Lipinski definition) is 4. The van der Waals surface area contributed by atoms with Crippen molar-refractivity contribution >= 4 is 33.4 Å². The third-order valence-corrected chi connectivity index (χ3v) is 7.63. The molecule has 1 aromatic heterocycles. The van der Waals surface area contributed by atoms with Crippen molar-refractivity contribution in [3.8, 4) is 0 Å². The molecule has 2 unspecified atom stereocenters. The summed E-state index contributed by atoms with van der Waals surface area (Å²) in [6.45, 7) is 5.46. The van der Waals surface area contributed by atoms with Gasteiger partial charge in [0.2, 0.25) is 10.0 Å². The zero-order valence-electron chi connectivity index (χ0n) is 21.2. The Kier molecular flexibility index (Phi) is 9.59. The van der Waals surface area contributed by atoms with Gasteiger partial charge in [-0.15, -0.1) is 0 Å². The number of aryl methyl sites for hydroxylation is 3. The fourth-order valence-corrected chi connectivity index (χ4v) is 5.85. The van der Waals surface area contributed by atoms with Crippen LogP contribution in [0.15, 0.2) is 46.6 Å². The van der Waals surface area contributed by atoms with Gasteiger partial charge >= 0.3 is 5.97 Å². The average molecular weight is 532 g/mol. The lowest BCUT2D eigenvalue weighted by Gasteiger charge is -2.18. The second-order valence-corrected chi connectivity index (χ2v) is 10.7. The SMILES string of the molecule is Cc1cc(C)c(S(=O)(=O)NC(CNC(=O)C2=NOC(CCCCNc3ccccn3)C2)C(=O)O)c(C)c1. The van der Waals surface area contributed by atoms with E-state index < -0.39 is 34.5 Å². The van der Waals surface area contributed by atoms with E-state index in [-0.39, 0.29) is 16.7 Å². The number of unbranched alkanes of at least 4 members (excludes halogenated alkanes) is 1. The summed E-state index contributed by atoms with van der Waals surface area (Å²) in [4.78, 5) is 33.8. The Bertz CT molecular complexity index is 1230. The monoisotopic (exact) mass is 531 g/mol. The number of amides is 1. The third kappa shape index (κ3) is 7.99. The number of aromatic nitrogens is 1. The number of nitrogens with zero attached hydrogens (tertiary/aromatic N) is 2. The molecule has 11 nitrogen and oxygen atoms in total. The molecule has 37 heavy (non-hydrogen) atoms. The Morgan fingerprint density at radius 2 is 1.89 bits per heavy atom. The van der Waals surface area contributed by atoms with Gasteiger partial charge in [-0.2, -0.15) is 4.72 Å². The molecule has 0 saturated heterocycles. The van der Waals surface area contributed by atoms with Gasteiger partial charge in [0, 0.05) is 25.7 Å². The highest BCUT2D eigenvalue weighted by Crippen LogP contribution is 2.22. The number of carbonyl (C=O) groups is 2. The van der Waals surface area contributed by atoms with Gasteiger partial charge in [0.1, 0.15) is 23.7 Å². The summed E-state index contributed by atoms with van der Waals surface area (Å²) < 4.78 is 28.1. The smallest absolute Gasteiger partial charge is 0.323 e. The number of carboxylic acid groups (broad SMARTS) is 1. The Morgan fingerprint density at radius 3 is 2.54 bits per heavy atom. The van der Waals surface area contributed by atoms with Crippen LogP contribution in [0, 0.1) is 20.8 Å². The number of hydrogen-bond acceptors (Lipinski definition) is 8. The van der Waals surface area contributed by atoms with Crippen molar-refractivity contribution in [3.05, 3.63) is 53.2 Å². The highest BCUT2D eigenvalue weighted by molar-refractivity contribution is 7.89. The molecule has 2 atom stereocenters. The van der Waals surface area contributed by atoms with Crippen LogP contribution in [0.25, 0.3) is 0 Å². The quantitative estimate of drug-likeness (QED) is 0.287. The largest absolute Gasteiger partial charge is 0.480 e. The molecule has 0 aliphatic carbocycles. The van der Waals surface area contributed by atoms with Crippen LogP contribution in [-0.2, 0) is 24.4 Å². The molecule has 200 valence electrons. The van der Waals surface area contributed by atoms with Crippen LogP contribution < -0.4 is 15.4 Å². The first-order chi connectivity index (χ1) is 17.6. The molecule has 1 amide bonds. The Morgan fingerprint density at radius 1 is 1.16 bits per heavy atom. The summed E-state index contributed by atoms with van der Waals surface area (Å²) in [5, 5.41) is 19.1. The Labute approximate surface area is 216 Å². The van der Waals surface area contributed by atoms with Crippen molar-refractivity contribution in [3.63, 3.8) is 0 Å². The molecule has 0 spiro atoms. The molecular formula is C25H33N5O6S. The lowest BCUT2D eigenvalue weighted by molar-refractivity contribution is -0.138. The van der Waals surface area contributed by atoms with E-state index in [1.165, 1.54) is 0 Å². The highest BCUT2D eigenvalue weighted by atomic mass is 32.2. The number of rotatable bonds is 13. The summed E-state index contributed by atoms with van der Waals surface area (Å²) >= 11 is 0. The van der Waals surface area contributed by atoms with Crippen molar-refractivity contribution in [2.75, 3.05) is 18.4 Å². The first-order valence-electron chi connectivity index (χ1n) is 12.1. The van der Waals surface area contributed by atoms with Crippen molar-refractivity contribution in [2.45, 2.75) is 63.5 Å². The zero-order chi connectivity index (χ0) is 27.0. The molecule has 12 heteroatoms. The summed E-state index contributed by atoms with van der Waals surface area (Å²) in [6.07, 6.45) is 4.23. The number of carbonyl (C=O) groups excluding carboxylic acids is 1. The van der Waals surface area contributed by atoms with Crippen molar-refractivity contribution in [1.82, 2.24) is 15.0 Å². The minimum Gasteiger partial charge on any atom is -0.480 e. The Balaban J connectivity index is 1.45. The van der Waals surface area contributed by atoms with Gasteiger partial charge in [-0.05, 0) is 63.3 Å². The molecule has 0 radical (unpaired) electrons. The molecule has 2 heterocycles. The molecule has 1 aliphatic rings. The maximum Gasteiger partial charge on any atom is 0.323 e. The zero-order valence-corrected chi connectivity index (χ0v) is 22.0. The number of pyridine rings is 1. The molecule has 0 fully saturated rings. The second-order valence-electron chi connectivity index (χ2n) is 9.06. The molecular weight excluding hydrogens is 498 g/mol. The van der Waals surface area contributed by atoms with E-state index in [4.69, 9.17) is 4.84 Å². The molecule has 4 N–H and O–H groups in total. The topological polar surface area (TPSA) is 159 Å². The molecule has 1 aromatic carbocycles. The van der Waals surface area contributed by atoms with Crippen LogP contribution in [0.1, 0.15) is 42.4 Å². The Hall–Kier alpha value is -3.51. The van der Waals surface area contributed by atoms with Crippen LogP contribution in [-0.4, -0.2) is 61.3 Å². The minimum atomic E-state index is -4.14. The average Bonchev–Trinajstić information content (AvgIpc) is 3.30. The van der Waals surface area contributed by atoms with Crippen LogP contribution in [0.4, 0.5) is 5.82 Å². The summed E-state index contributed by atoms with van der Waals surface area (Å²) in [7, 11) is -4.14. The summed E-state index contributed by atoms with van der Waals surface area (Å²) in [5.74, 6) is -1.19. The first-order valence-corrected chi connectivity index (χ1v) is 13.5. The van der Waals surface area contributed by atoms with Crippen molar-refractivity contribution < 1.29 is 28.0 Å². The normalized spacial score (nSPS) is 16.0. The number of benzene rings is 1. The van der Waals surface area contributed by atoms with E-state index in [0.717, 1.165) is 30.8 Å². The minimum absolute atomic E-state index is 0.0299. The van der Waals surface area contributed by atoms with Gasteiger partial charge in [0.25, 0.3) is 5.91 Å².